The van der Waals surface area contributed by atoms with Crippen LogP contribution in [0.4, 0.5) is 5.69 Å². The summed E-state index contributed by atoms with van der Waals surface area (Å²) in [5.41, 5.74) is 2.15. The Kier molecular flexibility index (Phi) is 5.27. The summed E-state index contributed by atoms with van der Waals surface area (Å²) < 4.78 is 0. The number of aromatic nitrogens is 3. The molecule has 0 fully saturated rings. The number of anilines is 1. The molecule has 0 aliphatic heterocycles. The first kappa shape index (κ1) is 13.9. The predicted molar refractivity (Wildman–Crippen MR) is 82.7 cm³/mol. The number of benzene rings is 1. The van der Waals surface area contributed by atoms with Crippen molar-refractivity contribution in [2.75, 3.05) is 23.4 Å². The Balaban J connectivity index is 2.00. The van der Waals surface area contributed by atoms with Crippen LogP contribution in [0.3, 0.4) is 0 Å². The molecule has 0 aliphatic rings. The normalized spacial score (nSPS) is 10.6. The minimum atomic E-state index is 0.753. The first-order valence-corrected chi connectivity index (χ1v) is 7.76. The molecule has 102 valence electrons. The topological polar surface area (TPSA) is 53.6 Å². The first-order valence-electron chi connectivity index (χ1n) is 6.61. The monoisotopic (exact) mass is 276 g/mol. The van der Waals surface area contributed by atoms with E-state index in [1.54, 1.807) is 0 Å². The Morgan fingerprint density at radius 2 is 2.16 bits per heavy atom. The SMILES string of the molecule is CCSCCCNc1ccccc1-c1n[nH]c(C)n1. The van der Waals surface area contributed by atoms with Crippen LogP contribution in [-0.4, -0.2) is 33.2 Å². The van der Waals surface area contributed by atoms with E-state index in [1.165, 1.54) is 17.9 Å². The van der Waals surface area contributed by atoms with Crippen molar-refractivity contribution in [2.45, 2.75) is 20.3 Å². The molecular formula is C14H20N4S. The van der Waals surface area contributed by atoms with Gasteiger partial charge in [0, 0.05) is 17.8 Å². The highest BCUT2D eigenvalue weighted by Gasteiger charge is 2.08. The molecular weight excluding hydrogens is 256 g/mol. The maximum Gasteiger partial charge on any atom is 0.183 e. The number of thioether (sulfide) groups is 1. The second kappa shape index (κ2) is 7.19. The van der Waals surface area contributed by atoms with Gasteiger partial charge in [0.05, 0.1) is 0 Å². The number of rotatable bonds is 7. The van der Waals surface area contributed by atoms with Crippen molar-refractivity contribution >= 4 is 17.4 Å². The molecule has 2 N–H and O–H groups in total. The van der Waals surface area contributed by atoms with Crippen molar-refractivity contribution in [1.82, 2.24) is 15.2 Å². The van der Waals surface area contributed by atoms with Crippen LogP contribution in [-0.2, 0) is 0 Å². The van der Waals surface area contributed by atoms with Gasteiger partial charge < -0.3 is 5.32 Å². The van der Waals surface area contributed by atoms with Gasteiger partial charge in [-0.25, -0.2) is 4.98 Å². The summed E-state index contributed by atoms with van der Waals surface area (Å²) in [6.45, 7) is 5.08. The van der Waals surface area contributed by atoms with Crippen LogP contribution < -0.4 is 5.32 Å². The molecule has 0 atom stereocenters. The van der Waals surface area contributed by atoms with E-state index in [-0.39, 0.29) is 0 Å². The fraction of sp³-hybridized carbons (Fsp3) is 0.429. The van der Waals surface area contributed by atoms with Gasteiger partial charge in [0.25, 0.3) is 0 Å². The number of hydrogen-bond donors (Lipinski definition) is 2. The highest BCUT2D eigenvalue weighted by molar-refractivity contribution is 7.99. The zero-order chi connectivity index (χ0) is 13.5. The smallest absolute Gasteiger partial charge is 0.183 e. The minimum absolute atomic E-state index is 0.753. The van der Waals surface area contributed by atoms with Crippen LogP contribution in [0.25, 0.3) is 11.4 Å². The molecule has 0 saturated heterocycles. The van der Waals surface area contributed by atoms with Crippen LogP contribution in [0.1, 0.15) is 19.2 Å². The Bertz CT molecular complexity index is 510. The summed E-state index contributed by atoms with van der Waals surface area (Å²) in [6, 6.07) is 8.17. The molecule has 0 spiro atoms. The van der Waals surface area contributed by atoms with Crippen molar-refractivity contribution in [3.8, 4) is 11.4 Å². The van der Waals surface area contributed by atoms with E-state index in [4.69, 9.17) is 0 Å². The Morgan fingerprint density at radius 1 is 1.32 bits per heavy atom. The van der Waals surface area contributed by atoms with Gasteiger partial charge in [-0.2, -0.15) is 16.9 Å². The standard InChI is InChI=1S/C14H20N4S/c1-3-19-10-6-9-15-13-8-5-4-7-12(13)14-16-11(2)17-18-14/h4-5,7-8,15H,3,6,9-10H2,1-2H3,(H,16,17,18). The van der Waals surface area contributed by atoms with Crippen LogP contribution in [0.15, 0.2) is 24.3 Å². The van der Waals surface area contributed by atoms with Crippen molar-refractivity contribution < 1.29 is 0 Å². The molecule has 0 unspecified atom stereocenters. The van der Waals surface area contributed by atoms with Gasteiger partial charge >= 0.3 is 0 Å². The minimum Gasteiger partial charge on any atom is -0.384 e. The maximum absolute atomic E-state index is 4.39. The lowest BCUT2D eigenvalue weighted by atomic mass is 10.1. The average Bonchev–Trinajstić information content (AvgIpc) is 2.85. The van der Waals surface area contributed by atoms with Gasteiger partial charge in [0.2, 0.25) is 0 Å². The summed E-state index contributed by atoms with van der Waals surface area (Å²) in [5.74, 6) is 3.98. The lowest BCUT2D eigenvalue weighted by Crippen LogP contribution is -2.04. The molecule has 0 radical (unpaired) electrons. The molecule has 4 nitrogen and oxygen atoms in total. The summed E-state index contributed by atoms with van der Waals surface area (Å²) in [7, 11) is 0. The number of aryl methyl sites for hydroxylation is 1. The molecule has 0 aliphatic carbocycles. The van der Waals surface area contributed by atoms with E-state index in [9.17, 15) is 0 Å². The molecule has 19 heavy (non-hydrogen) atoms. The highest BCUT2D eigenvalue weighted by atomic mass is 32.2. The summed E-state index contributed by atoms with van der Waals surface area (Å²) >= 11 is 1.98. The van der Waals surface area contributed by atoms with Gasteiger partial charge in [0.15, 0.2) is 5.82 Å². The Hall–Kier alpha value is -1.49. The van der Waals surface area contributed by atoms with Crippen molar-refractivity contribution in [2.24, 2.45) is 0 Å². The van der Waals surface area contributed by atoms with Gasteiger partial charge in [-0.15, -0.1) is 0 Å². The van der Waals surface area contributed by atoms with Crippen molar-refractivity contribution in [1.29, 1.82) is 0 Å². The third-order valence-electron chi connectivity index (χ3n) is 2.75. The molecule has 1 aromatic carbocycles. The van der Waals surface area contributed by atoms with E-state index >= 15 is 0 Å². The molecule has 0 saturated carbocycles. The van der Waals surface area contributed by atoms with Crippen LogP contribution in [0.2, 0.25) is 0 Å². The maximum atomic E-state index is 4.39. The largest absolute Gasteiger partial charge is 0.384 e. The zero-order valence-corrected chi connectivity index (χ0v) is 12.3. The highest BCUT2D eigenvalue weighted by Crippen LogP contribution is 2.24. The van der Waals surface area contributed by atoms with Gasteiger partial charge in [-0.05, 0) is 37.0 Å². The number of H-pyrrole nitrogens is 1. The fourth-order valence-corrected chi connectivity index (χ4v) is 2.47. The van der Waals surface area contributed by atoms with Gasteiger partial charge in [-0.3, -0.25) is 5.10 Å². The van der Waals surface area contributed by atoms with E-state index in [1.807, 2.05) is 36.9 Å². The number of nitrogens with one attached hydrogen (secondary N) is 2. The van der Waals surface area contributed by atoms with E-state index < -0.39 is 0 Å². The predicted octanol–water partition coefficient (Wildman–Crippen LogP) is 3.34. The summed E-state index contributed by atoms with van der Waals surface area (Å²) in [4.78, 5) is 4.39. The molecule has 0 amide bonds. The van der Waals surface area contributed by atoms with E-state index in [2.05, 4.69) is 33.5 Å². The van der Waals surface area contributed by atoms with Gasteiger partial charge in [-0.1, -0.05) is 19.1 Å². The molecule has 2 rings (SSSR count). The first-order chi connectivity index (χ1) is 9.31. The number of aromatic amines is 1. The molecule has 2 aromatic rings. The number of para-hydroxylation sites is 1. The van der Waals surface area contributed by atoms with Gasteiger partial charge in [0.1, 0.15) is 5.82 Å². The van der Waals surface area contributed by atoms with Crippen molar-refractivity contribution in [3.63, 3.8) is 0 Å². The van der Waals surface area contributed by atoms with Crippen LogP contribution in [0, 0.1) is 6.92 Å². The molecule has 0 bridgehead atoms. The average molecular weight is 276 g/mol. The summed E-state index contributed by atoms with van der Waals surface area (Å²) in [6.07, 6.45) is 1.17. The Morgan fingerprint density at radius 3 is 2.89 bits per heavy atom. The number of nitrogens with zero attached hydrogens (tertiary/aromatic N) is 2. The van der Waals surface area contributed by atoms with E-state index in [0.29, 0.717) is 0 Å². The lowest BCUT2D eigenvalue weighted by Gasteiger charge is -2.09. The quantitative estimate of drug-likeness (QED) is 0.762. The summed E-state index contributed by atoms with van der Waals surface area (Å²) in [5, 5.41) is 10.6. The fourth-order valence-electron chi connectivity index (χ4n) is 1.84. The zero-order valence-electron chi connectivity index (χ0n) is 11.4. The van der Waals surface area contributed by atoms with Crippen molar-refractivity contribution in [3.05, 3.63) is 30.1 Å². The molecule has 5 heteroatoms. The second-order valence-corrected chi connectivity index (χ2v) is 5.66. The Labute approximate surface area is 118 Å². The third-order valence-corrected chi connectivity index (χ3v) is 3.74. The van der Waals surface area contributed by atoms with Crippen LogP contribution in [0.5, 0.6) is 0 Å². The second-order valence-electron chi connectivity index (χ2n) is 4.27. The van der Waals surface area contributed by atoms with E-state index in [0.717, 1.165) is 29.4 Å². The molecule has 1 heterocycles. The third kappa shape index (κ3) is 3.99. The number of hydrogen-bond acceptors (Lipinski definition) is 4. The molecule has 1 aromatic heterocycles. The van der Waals surface area contributed by atoms with Crippen LogP contribution >= 0.6 is 11.8 Å². The lowest BCUT2D eigenvalue weighted by molar-refractivity contribution is 0.991.